The summed E-state index contributed by atoms with van der Waals surface area (Å²) in [5.41, 5.74) is 2.47. The number of hydrogen-bond acceptors (Lipinski definition) is 2. The summed E-state index contributed by atoms with van der Waals surface area (Å²) in [6, 6.07) is 5.91. The number of aryl methyl sites for hydroxylation is 1. The molecule has 0 aliphatic carbocycles. The van der Waals surface area contributed by atoms with E-state index < -0.39 is 8.69 Å². The highest BCUT2D eigenvalue weighted by molar-refractivity contribution is 7.17. The fourth-order valence-electron chi connectivity index (χ4n) is 1.51. The highest BCUT2D eigenvalue weighted by Gasteiger charge is 2.04. The predicted octanol–water partition coefficient (Wildman–Crippen LogP) is 2.86. The van der Waals surface area contributed by atoms with Crippen LogP contribution in [-0.4, -0.2) is 0 Å². The summed E-state index contributed by atoms with van der Waals surface area (Å²) in [6.45, 7) is 4.20. The van der Waals surface area contributed by atoms with Crippen molar-refractivity contribution in [3.05, 3.63) is 29.3 Å². The molecule has 0 saturated heterocycles. The monoisotopic (exact) mass is 198 g/mol. The molecular formula is C10H15O2P. The summed E-state index contributed by atoms with van der Waals surface area (Å²) in [7, 11) is -1.15. The molecule has 1 rings (SSSR count). The third-order valence-electron chi connectivity index (χ3n) is 2.14. The average molecular weight is 198 g/mol. The van der Waals surface area contributed by atoms with E-state index >= 15 is 0 Å². The van der Waals surface area contributed by atoms with Crippen LogP contribution in [0.25, 0.3) is 0 Å². The molecule has 0 bridgehead atoms. The van der Waals surface area contributed by atoms with Crippen molar-refractivity contribution in [2.75, 3.05) is 0 Å². The van der Waals surface area contributed by atoms with Gasteiger partial charge in [0.1, 0.15) is 5.75 Å². The van der Waals surface area contributed by atoms with Crippen molar-refractivity contribution in [2.24, 2.45) is 0 Å². The van der Waals surface area contributed by atoms with Crippen LogP contribution in [-0.2, 0) is 17.4 Å². The molecule has 0 heterocycles. The molecule has 0 aliphatic heterocycles. The van der Waals surface area contributed by atoms with E-state index in [0.717, 1.165) is 18.6 Å². The second-order valence-corrected chi connectivity index (χ2v) is 3.24. The lowest BCUT2D eigenvalue weighted by Gasteiger charge is -2.09. The minimum atomic E-state index is -1.15. The first-order valence-corrected chi connectivity index (χ1v) is 5.48. The van der Waals surface area contributed by atoms with E-state index in [1.165, 1.54) is 11.1 Å². The lowest BCUT2D eigenvalue weighted by Crippen LogP contribution is -1.93. The van der Waals surface area contributed by atoms with Crippen molar-refractivity contribution < 1.29 is 9.09 Å². The van der Waals surface area contributed by atoms with Crippen LogP contribution in [0.1, 0.15) is 25.0 Å². The molecule has 13 heavy (non-hydrogen) atoms. The van der Waals surface area contributed by atoms with Crippen molar-refractivity contribution in [1.82, 2.24) is 0 Å². The molecule has 0 fully saturated rings. The van der Waals surface area contributed by atoms with E-state index in [1.54, 1.807) is 0 Å². The van der Waals surface area contributed by atoms with Gasteiger partial charge in [-0.3, -0.25) is 4.57 Å². The van der Waals surface area contributed by atoms with Crippen LogP contribution in [0.5, 0.6) is 5.75 Å². The van der Waals surface area contributed by atoms with E-state index in [4.69, 9.17) is 4.52 Å². The SMILES string of the molecule is CCc1cccc(O[PH2]=O)c1CC. The van der Waals surface area contributed by atoms with E-state index in [9.17, 15) is 4.57 Å². The van der Waals surface area contributed by atoms with Gasteiger partial charge in [-0.15, -0.1) is 0 Å². The Bertz CT molecular complexity index is 297. The van der Waals surface area contributed by atoms with Gasteiger partial charge in [0.15, 0.2) is 0 Å². The lowest BCUT2D eigenvalue weighted by molar-refractivity contribution is 0.521. The Morgan fingerprint density at radius 2 is 2.08 bits per heavy atom. The molecule has 2 nitrogen and oxygen atoms in total. The van der Waals surface area contributed by atoms with Gasteiger partial charge in [0.2, 0.25) is 8.69 Å². The molecule has 72 valence electrons. The fourth-order valence-corrected chi connectivity index (χ4v) is 1.83. The van der Waals surface area contributed by atoms with Crippen LogP contribution in [0.3, 0.4) is 0 Å². The van der Waals surface area contributed by atoms with E-state index in [0.29, 0.717) is 0 Å². The summed E-state index contributed by atoms with van der Waals surface area (Å²) < 4.78 is 15.5. The van der Waals surface area contributed by atoms with Crippen molar-refractivity contribution >= 4 is 8.69 Å². The van der Waals surface area contributed by atoms with Crippen molar-refractivity contribution in [1.29, 1.82) is 0 Å². The molecule has 1 aromatic rings. The van der Waals surface area contributed by atoms with Gasteiger partial charge in [-0.05, 0) is 30.0 Å². The molecule has 0 N–H and O–H groups in total. The molecule has 0 amide bonds. The molecule has 1 unspecified atom stereocenters. The zero-order valence-electron chi connectivity index (χ0n) is 8.04. The average Bonchev–Trinajstić information content (AvgIpc) is 2.18. The van der Waals surface area contributed by atoms with Crippen LogP contribution < -0.4 is 4.52 Å². The van der Waals surface area contributed by atoms with Gasteiger partial charge in [0, 0.05) is 0 Å². The van der Waals surface area contributed by atoms with Gasteiger partial charge in [0.05, 0.1) is 0 Å². The quantitative estimate of drug-likeness (QED) is 0.695. The van der Waals surface area contributed by atoms with Crippen LogP contribution >= 0.6 is 8.69 Å². The molecule has 0 saturated carbocycles. The maximum Gasteiger partial charge on any atom is 0.225 e. The zero-order chi connectivity index (χ0) is 9.68. The molecule has 3 heteroatoms. The predicted molar refractivity (Wildman–Crippen MR) is 56.2 cm³/mol. The van der Waals surface area contributed by atoms with E-state index in [2.05, 4.69) is 19.9 Å². The highest BCUT2D eigenvalue weighted by atomic mass is 31.1. The third-order valence-corrected chi connectivity index (χ3v) is 2.49. The van der Waals surface area contributed by atoms with Crippen molar-refractivity contribution in [3.63, 3.8) is 0 Å². The Morgan fingerprint density at radius 3 is 2.62 bits per heavy atom. The molecular weight excluding hydrogens is 183 g/mol. The minimum absolute atomic E-state index is 0.784. The topological polar surface area (TPSA) is 26.3 Å². The summed E-state index contributed by atoms with van der Waals surface area (Å²) >= 11 is 0. The van der Waals surface area contributed by atoms with Crippen molar-refractivity contribution in [3.8, 4) is 5.75 Å². The molecule has 0 radical (unpaired) electrons. The van der Waals surface area contributed by atoms with Crippen LogP contribution in [0.2, 0.25) is 0 Å². The second-order valence-electron chi connectivity index (χ2n) is 2.82. The first kappa shape index (κ1) is 10.3. The second kappa shape index (κ2) is 5.08. The summed E-state index contributed by atoms with van der Waals surface area (Å²) in [5.74, 6) is 0.784. The summed E-state index contributed by atoms with van der Waals surface area (Å²) in [5, 5.41) is 0. The third kappa shape index (κ3) is 2.35. The zero-order valence-corrected chi connectivity index (χ0v) is 9.19. The summed E-state index contributed by atoms with van der Waals surface area (Å²) in [6.07, 6.45) is 1.92. The van der Waals surface area contributed by atoms with Gasteiger partial charge in [-0.1, -0.05) is 26.0 Å². The molecule has 0 aromatic heterocycles. The number of benzene rings is 1. The Hall–Kier alpha value is -0.750. The number of rotatable bonds is 4. The van der Waals surface area contributed by atoms with Crippen LogP contribution in [0.4, 0.5) is 0 Å². The first-order chi connectivity index (χ1) is 6.33. The molecule has 0 spiro atoms. The Balaban J connectivity index is 3.10. The number of hydrogen-bond donors (Lipinski definition) is 0. The minimum Gasteiger partial charge on any atom is -0.447 e. The van der Waals surface area contributed by atoms with Gasteiger partial charge in [0.25, 0.3) is 0 Å². The van der Waals surface area contributed by atoms with Gasteiger partial charge in [-0.2, -0.15) is 0 Å². The van der Waals surface area contributed by atoms with Crippen LogP contribution in [0.15, 0.2) is 18.2 Å². The standard InChI is InChI=1S/C10H15O2P/c1-3-8-6-5-7-10(12-13-11)9(8)4-2/h5-7H,3-4,13H2,1-2H3. The van der Waals surface area contributed by atoms with E-state index in [-0.39, 0.29) is 0 Å². The Morgan fingerprint density at radius 1 is 1.31 bits per heavy atom. The summed E-state index contributed by atoms with van der Waals surface area (Å²) in [4.78, 5) is 0. The maximum atomic E-state index is 10.4. The van der Waals surface area contributed by atoms with Gasteiger partial charge < -0.3 is 4.52 Å². The normalized spacial score (nSPS) is 10.9. The first-order valence-electron chi connectivity index (χ1n) is 4.54. The van der Waals surface area contributed by atoms with Crippen LogP contribution in [0, 0.1) is 0 Å². The largest absolute Gasteiger partial charge is 0.447 e. The molecule has 1 aromatic carbocycles. The highest BCUT2D eigenvalue weighted by Crippen LogP contribution is 2.25. The van der Waals surface area contributed by atoms with Gasteiger partial charge in [-0.25, -0.2) is 0 Å². The fraction of sp³-hybridized carbons (Fsp3) is 0.400. The Labute approximate surface area is 80.2 Å². The smallest absolute Gasteiger partial charge is 0.225 e. The maximum absolute atomic E-state index is 10.4. The van der Waals surface area contributed by atoms with E-state index in [1.807, 2.05) is 12.1 Å². The van der Waals surface area contributed by atoms with Gasteiger partial charge >= 0.3 is 0 Å². The molecule has 0 aliphatic rings. The Kier molecular flexibility index (Phi) is 4.04. The van der Waals surface area contributed by atoms with Crippen molar-refractivity contribution in [2.45, 2.75) is 26.7 Å². The lowest BCUT2D eigenvalue weighted by atomic mass is 10.0. The molecule has 1 atom stereocenters.